The summed E-state index contributed by atoms with van der Waals surface area (Å²) in [4.78, 5) is 41.0. The van der Waals surface area contributed by atoms with Gasteiger partial charge in [-0.2, -0.15) is 0 Å². The molecule has 0 spiro atoms. The van der Waals surface area contributed by atoms with Crippen molar-refractivity contribution in [3.05, 3.63) is 31.3 Å². The third-order valence-electron chi connectivity index (χ3n) is 1.42. The fraction of sp³-hybridized carbons (Fsp3) is 0. The fourth-order valence-electron chi connectivity index (χ4n) is 0.958. The molecule has 64 valence electrons. The van der Waals surface area contributed by atoms with E-state index in [9.17, 15) is 14.4 Å². The van der Waals surface area contributed by atoms with Gasteiger partial charge in [-0.15, -0.1) is 0 Å². The second-order valence-corrected chi connectivity index (χ2v) is 2.24. The number of hydrogen-bond acceptors (Lipinski definition) is 3. The molecule has 0 saturated carbocycles. The molecule has 0 unspecified atom stereocenters. The number of aromatic amines is 4. The Kier molecular flexibility index (Phi) is 2.33. The summed E-state index contributed by atoms with van der Waals surface area (Å²) in [6, 6.07) is 0. The predicted molar refractivity (Wildman–Crippen MR) is 40.2 cm³/mol. The van der Waals surface area contributed by atoms with Crippen LogP contribution in [0.4, 0.5) is 0 Å². The monoisotopic (exact) mass is 232 g/mol. The molecule has 2 heterocycles. The number of hydrogen-bond donors (Lipinski definition) is 4. The van der Waals surface area contributed by atoms with Crippen LogP contribution >= 0.6 is 0 Å². The van der Waals surface area contributed by atoms with E-state index in [0.29, 0.717) is 0 Å². The molecule has 0 fully saturated rings. The third-order valence-corrected chi connectivity index (χ3v) is 1.42. The summed E-state index contributed by atoms with van der Waals surface area (Å²) >= 11 is 0. The van der Waals surface area contributed by atoms with E-state index in [2.05, 4.69) is 15.0 Å². The quantitative estimate of drug-likeness (QED) is 0.404. The van der Waals surface area contributed by atoms with E-state index < -0.39 is 16.9 Å². The minimum Gasteiger partial charge on any atom is -0.300 e. The van der Waals surface area contributed by atoms with Gasteiger partial charge in [0, 0.05) is 19.5 Å². The molecule has 0 aliphatic rings. The van der Waals surface area contributed by atoms with Crippen LogP contribution < -0.4 is 16.9 Å². The van der Waals surface area contributed by atoms with Gasteiger partial charge in [0.05, 0.1) is 0 Å². The van der Waals surface area contributed by atoms with Crippen molar-refractivity contribution in [2.24, 2.45) is 0 Å². The van der Waals surface area contributed by atoms with Crippen LogP contribution in [-0.4, -0.2) is 19.9 Å². The Bertz CT molecular complexity index is 588. The van der Waals surface area contributed by atoms with E-state index in [-0.39, 0.29) is 30.6 Å². The summed E-state index contributed by atoms with van der Waals surface area (Å²) < 4.78 is 0. The van der Waals surface area contributed by atoms with Crippen molar-refractivity contribution in [3.8, 4) is 0 Å². The van der Waals surface area contributed by atoms with Gasteiger partial charge in [0.1, 0.15) is 11.2 Å². The number of aromatic nitrogens is 4. The predicted octanol–water partition coefficient (Wildman–Crippen LogP) is -1.77. The van der Waals surface area contributed by atoms with Crippen LogP contribution in [0.2, 0.25) is 0 Å². The Hall–Kier alpha value is -1.43. The molecular weight excluding hydrogens is 229 g/mol. The first-order valence-corrected chi connectivity index (χ1v) is 3.11. The van der Waals surface area contributed by atoms with Gasteiger partial charge in [0.25, 0.3) is 5.56 Å². The van der Waals surface area contributed by atoms with Crippen molar-refractivity contribution < 1.29 is 19.5 Å². The summed E-state index contributed by atoms with van der Waals surface area (Å²) in [6.07, 6.45) is 0. The molecule has 0 saturated heterocycles. The molecule has 7 nitrogen and oxygen atoms in total. The molecule has 2 aromatic rings. The fourth-order valence-corrected chi connectivity index (χ4v) is 0.958. The first-order valence-electron chi connectivity index (χ1n) is 3.11. The minimum atomic E-state index is -0.650. The molecule has 0 amide bonds. The number of imidazole rings is 1. The zero-order chi connectivity index (χ0) is 8.72. The Labute approximate surface area is 82.3 Å². The zero-order valence-corrected chi connectivity index (χ0v) is 9.40. The van der Waals surface area contributed by atoms with Crippen LogP contribution in [0.1, 0.15) is 0 Å². The van der Waals surface area contributed by atoms with E-state index in [1.54, 1.807) is 0 Å². The normalized spacial score (nSPS) is 9.85. The van der Waals surface area contributed by atoms with Gasteiger partial charge in [-0.05, 0) is 0 Å². The van der Waals surface area contributed by atoms with E-state index in [1.807, 2.05) is 4.98 Å². The largest absolute Gasteiger partial charge is 0.327 e. The molecule has 0 aliphatic heterocycles. The van der Waals surface area contributed by atoms with Crippen molar-refractivity contribution in [2.45, 2.75) is 0 Å². The average molecular weight is 234 g/mol. The number of H-pyrrole nitrogens is 4. The first kappa shape index (κ1) is 9.66. The molecule has 0 bridgehead atoms. The molecular formula is C5H4N4O3Zn. The third kappa shape index (κ3) is 1.53. The maximum Gasteiger partial charge on any atom is 0.327 e. The van der Waals surface area contributed by atoms with Crippen LogP contribution in [0, 0.1) is 0 Å². The minimum absolute atomic E-state index is 0. The first-order chi connectivity index (χ1) is 5.66. The molecule has 4 N–H and O–H groups in total. The van der Waals surface area contributed by atoms with Gasteiger partial charge < -0.3 is 0 Å². The van der Waals surface area contributed by atoms with E-state index in [1.165, 1.54) is 0 Å². The Morgan fingerprint density at radius 1 is 0.769 bits per heavy atom. The maximum atomic E-state index is 10.9. The molecule has 0 aliphatic carbocycles. The van der Waals surface area contributed by atoms with Gasteiger partial charge in [0.2, 0.25) is 0 Å². The molecule has 2 rings (SSSR count). The molecule has 13 heavy (non-hydrogen) atoms. The van der Waals surface area contributed by atoms with E-state index in [0.717, 1.165) is 0 Å². The van der Waals surface area contributed by atoms with Gasteiger partial charge in [0.15, 0.2) is 0 Å². The number of rotatable bonds is 0. The van der Waals surface area contributed by atoms with Crippen molar-refractivity contribution in [3.63, 3.8) is 0 Å². The standard InChI is InChI=1S/C5H4N4O3.Zn/c10-3-1-2(7-4(11)6-1)8-5(12)9-3;/h(H4,6,7,8,9,10,11,12);. The van der Waals surface area contributed by atoms with Crippen LogP contribution in [-0.2, 0) is 19.5 Å². The summed E-state index contributed by atoms with van der Waals surface area (Å²) in [6.45, 7) is 0. The second-order valence-electron chi connectivity index (χ2n) is 2.24. The summed E-state index contributed by atoms with van der Waals surface area (Å²) in [5.41, 5.74) is -1.65. The van der Waals surface area contributed by atoms with Crippen molar-refractivity contribution in [2.75, 3.05) is 0 Å². The molecule has 2 aromatic heterocycles. The van der Waals surface area contributed by atoms with Gasteiger partial charge >= 0.3 is 11.4 Å². The number of nitrogens with one attached hydrogen (secondary N) is 4. The molecule has 0 radical (unpaired) electrons. The van der Waals surface area contributed by atoms with Crippen LogP contribution in [0.15, 0.2) is 14.4 Å². The maximum absolute atomic E-state index is 10.9. The molecule has 0 aromatic carbocycles. The summed E-state index contributed by atoms with van der Waals surface area (Å²) in [5, 5.41) is 0. The second kappa shape index (κ2) is 3.14. The van der Waals surface area contributed by atoms with Crippen LogP contribution in [0.25, 0.3) is 11.2 Å². The Morgan fingerprint density at radius 2 is 1.31 bits per heavy atom. The zero-order valence-electron chi connectivity index (χ0n) is 6.43. The summed E-state index contributed by atoms with van der Waals surface area (Å²) in [7, 11) is 0. The van der Waals surface area contributed by atoms with Gasteiger partial charge in [-0.25, -0.2) is 9.59 Å². The molecule has 0 atom stereocenters. The van der Waals surface area contributed by atoms with Crippen LogP contribution in [0.3, 0.4) is 0 Å². The van der Waals surface area contributed by atoms with Gasteiger partial charge in [-0.1, -0.05) is 0 Å². The SMILES string of the molecule is O=c1[nH]c(=O)c2[nH]c(=O)[nH]c2[nH]1.[Zn]. The average Bonchev–Trinajstić information content (AvgIpc) is 2.29. The van der Waals surface area contributed by atoms with Crippen LogP contribution in [0.5, 0.6) is 0 Å². The van der Waals surface area contributed by atoms with E-state index >= 15 is 0 Å². The number of fused-ring (bicyclic) bond motifs is 1. The Balaban J connectivity index is 0.000000845. The van der Waals surface area contributed by atoms with Crippen molar-refractivity contribution >= 4 is 11.2 Å². The Morgan fingerprint density at radius 3 is 1.92 bits per heavy atom. The van der Waals surface area contributed by atoms with Gasteiger partial charge in [-0.3, -0.25) is 24.7 Å². The van der Waals surface area contributed by atoms with Crippen molar-refractivity contribution in [1.29, 1.82) is 0 Å². The van der Waals surface area contributed by atoms with Crippen molar-refractivity contribution in [1.82, 2.24) is 19.9 Å². The summed E-state index contributed by atoms with van der Waals surface area (Å²) in [5.74, 6) is 0. The topological polar surface area (TPSA) is 114 Å². The molecule has 8 heteroatoms. The van der Waals surface area contributed by atoms with E-state index in [4.69, 9.17) is 0 Å². The smallest absolute Gasteiger partial charge is 0.300 e.